The van der Waals surface area contributed by atoms with E-state index in [4.69, 9.17) is 0 Å². The highest BCUT2D eigenvalue weighted by atomic mass is 127. The van der Waals surface area contributed by atoms with Crippen LogP contribution in [-0.2, 0) is 6.42 Å². The average molecular weight is 323 g/mol. The van der Waals surface area contributed by atoms with Crippen LogP contribution in [0.15, 0.2) is 17.1 Å². The van der Waals surface area contributed by atoms with Crippen molar-refractivity contribution in [2.75, 3.05) is 0 Å². The molecule has 2 heterocycles. The Hall–Kier alpha value is -0.920. The van der Waals surface area contributed by atoms with Gasteiger partial charge in [-0.1, -0.05) is 0 Å². The first kappa shape index (κ1) is 9.32. The molecular formula is C9H4F2INO2. The van der Waals surface area contributed by atoms with Gasteiger partial charge in [-0.15, -0.1) is 8.78 Å². The van der Waals surface area contributed by atoms with Crippen LogP contribution in [0, 0.1) is 0 Å². The van der Waals surface area contributed by atoms with Gasteiger partial charge in [-0.3, -0.25) is 0 Å². The summed E-state index contributed by atoms with van der Waals surface area (Å²) in [6.07, 6.45) is -2.88. The Labute approximate surface area is 97.2 Å². The molecule has 0 bridgehead atoms. The first-order valence-electron chi connectivity index (χ1n) is 4.19. The van der Waals surface area contributed by atoms with E-state index in [0.717, 1.165) is 9.28 Å². The Morgan fingerprint density at radius 1 is 1.27 bits per heavy atom. The molecule has 0 amide bonds. The molecule has 1 aromatic carbocycles. The number of aliphatic imine (C=N–C) groups is 1. The molecular weight excluding hydrogens is 319 g/mol. The van der Waals surface area contributed by atoms with Crippen molar-refractivity contribution in [2.45, 2.75) is 12.7 Å². The number of benzene rings is 1. The fourth-order valence-electron chi connectivity index (χ4n) is 1.60. The number of ether oxygens (including phenoxy) is 2. The molecule has 0 aromatic heterocycles. The SMILES string of the molecule is FC1(F)Oc2cc3c(cc2O1)N=C(I)C3. The van der Waals surface area contributed by atoms with Gasteiger partial charge in [-0.2, -0.15) is 0 Å². The highest BCUT2D eigenvalue weighted by Gasteiger charge is 2.44. The first-order chi connectivity index (χ1) is 7.03. The number of hydrogen-bond donors (Lipinski definition) is 0. The summed E-state index contributed by atoms with van der Waals surface area (Å²) in [5, 5.41) is 0. The lowest BCUT2D eigenvalue weighted by Crippen LogP contribution is -2.25. The third-order valence-electron chi connectivity index (χ3n) is 2.18. The van der Waals surface area contributed by atoms with Gasteiger partial charge >= 0.3 is 6.29 Å². The van der Waals surface area contributed by atoms with Gasteiger partial charge in [0, 0.05) is 12.5 Å². The lowest BCUT2D eigenvalue weighted by molar-refractivity contribution is -0.286. The lowest BCUT2D eigenvalue weighted by atomic mass is 10.1. The first-order valence-corrected chi connectivity index (χ1v) is 5.27. The van der Waals surface area contributed by atoms with E-state index < -0.39 is 6.29 Å². The van der Waals surface area contributed by atoms with Gasteiger partial charge < -0.3 is 9.47 Å². The van der Waals surface area contributed by atoms with Gasteiger partial charge in [-0.25, -0.2) is 4.99 Å². The fourth-order valence-corrected chi connectivity index (χ4v) is 2.27. The smallest absolute Gasteiger partial charge is 0.395 e. The average Bonchev–Trinajstić information content (AvgIpc) is 2.55. The maximum absolute atomic E-state index is 12.7. The normalized spacial score (nSPS) is 20.1. The summed E-state index contributed by atoms with van der Waals surface area (Å²) in [5.41, 5.74) is 1.57. The number of halogens is 3. The molecule has 1 aromatic rings. The molecule has 15 heavy (non-hydrogen) atoms. The Balaban J connectivity index is 2.08. The topological polar surface area (TPSA) is 30.8 Å². The highest BCUT2D eigenvalue weighted by Crippen LogP contribution is 2.46. The Kier molecular flexibility index (Phi) is 1.74. The van der Waals surface area contributed by atoms with Crippen molar-refractivity contribution in [3.8, 4) is 11.5 Å². The van der Waals surface area contributed by atoms with Gasteiger partial charge in [0.1, 0.15) is 0 Å². The van der Waals surface area contributed by atoms with Crippen LogP contribution in [0.3, 0.4) is 0 Å². The van der Waals surface area contributed by atoms with E-state index in [0.29, 0.717) is 12.1 Å². The third kappa shape index (κ3) is 1.47. The second-order valence-electron chi connectivity index (χ2n) is 3.26. The van der Waals surface area contributed by atoms with Crippen molar-refractivity contribution in [2.24, 2.45) is 4.99 Å². The van der Waals surface area contributed by atoms with Crippen LogP contribution in [-0.4, -0.2) is 10.0 Å². The van der Waals surface area contributed by atoms with E-state index in [2.05, 4.69) is 37.1 Å². The number of nitrogens with zero attached hydrogens (tertiary/aromatic N) is 1. The molecule has 0 unspecified atom stereocenters. The van der Waals surface area contributed by atoms with E-state index in [-0.39, 0.29) is 11.5 Å². The molecule has 0 fully saturated rings. The molecule has 0 atom stereocenters. The van der Waals surface area contributed by atoms with Crippen LogP contribution in [0.4, 0.5) is 14.5 Å². The number of fused-ring (bicyclic) bond motifs is 2. The van der Waals surface area contributed by atoms with Gasteiger partial charge in [0.2, 0.25) is 0 Å². The minimum atomic E-state index is -3.55. The van der Waals surface area contributed by atoms with Crippen LogP contribution in [0.2, 0.25) is 0 Å². The summed E-state index contributed by atoms with van der Waals surface area (Å²) < 4.78 is 35.0. The van der Waals surface area contributed by atoms with Crippen molar-refractivity contribution < 1.29 is 18.3 Å². The van der Waals surface area contributed by atoms with Gasteiger partial charge in [-0.05, 0) is 34.2 Å². The Bertz CT molecular complexity index is 487. The second-order valence-corrected chi connectivity index (χ2v) is 4.51. The lowest BCUT2D eigenvalue weighted by Gasteiger charge is -2.04. The largest absolute Gasteiger partial charge is 0.586 e. The van der Waals surface area contributed by atoms with E-state index in [9.17, 15) is 8.78 Å². The van der Waals surface area contributed by atoms with Crippen molar-refractivity contribution in [1.29, 1.82) is 0 Å². The van der Waals surface area contributed by atoms with Crippen LogP contribution < -0.4 is 9.47 Å². The zero-order valence-electron chi connectivity index (χ0n) is 7.26. The summed E-state index contributed by atoms with van der Waals surface area (Å²) in [6, 6.07) is 3.04. The van der Waals surface area contributed by atoms with Crippen LogP contribution in [0.5, 0.6) is 11.5 Å². The molecule has 3 rings (SSSR count). The van der Waals surface area contributed by atoms with Crippen LogP contribution >= 0.6 is 22.6 Å². The van der Waals surface area contributed by atoms with Gasteiger partial charge in [0.15, 0.2) is 11.5 Å². The van der Waals surface area contributed by atoms with Gasteiger partial charge in [0.25, 0.3) is 0 Å². The number of alkyl halides is 2. The molecule has 0 saturated carbocycles. The zero-order valence-corrected chi connectivity index (χ0v) is 9.42. The van der Waals surface area contributed by atoms with E-state index in [1.165, 1.54) is 6.07 Å². The van der Waals surface area contributed by atoms with Gasteiger partial charge in [0.05, 0.1) is 9.41 Å². The third-order valence-corrected chi connectivity index (χ3v) is 2.80. The van der Waals surface area contributed by atoms with E-state index in [1.807, 2.05) is 0 Å². The molecule has 0 spiro atoms. The summed E-state index contributed by atoms with van der Waals surface area (Å²) in [4.78, 5) is 4.20. The standard InChI is InChI=1S/C9H4F2INO2/c10-9(11)14-6-1-4-2-8(12)13-5(4)3-7(6)15-9/h1,3H,2H2. The highest BCUT2D eigenvalue weighted by molar-refractivity contribution is 14.1. The molecule has 6 heteroatoms. The summed E-state index contributed by atoms with van der Waals surface area (Å²) in [6.45, 7) is 0. The van der Waals surface area contributed by atoms with Crippen molar-refractivity contribution in [1.82, 2.24) is 0 Å². The Morgan fingerprint density at radius 2 is 1.93 bits per heavy atom. The van der Waals surface area contributed by atoms with E-state index >= 15 is 0 Å². The second kappa shape index (κ2) is 2.81. The molecule has 0 radical (unpaired) electrons. The molecule has 2 aliphatic heterocycles. The monoisotopic (exact) mass is 323 g/mol. The molecule has 78 valence electrons. The maximum Gasteiger partial charge on any atom is 0.586 e. The molecule has 0 saturated heterocycles. The predicted molar refractivity (Wildman–Crippen MR) is 57.5 cm³/mol. The fraction of sp³-hybridized carbons (Fsp3) is 0.222. The van der Waals surface area contributed by atoms with Crippen molar-refractivity contribution in [3.05, 3.63) is 17.7 Å². The minimum Gasteiger partial charge on any atom is -0.395 e. The number of hydrogen-bond acceptors (Lipinski definition) is 3. The minimum absolute atomic E-state index is 0.0496. The van der Waals surface area contributed by atoms with Crippen LogP contribution in [0.1, 0.15) is 5.56 Å². The molecule has 0 aliphatic carbocycles. The van der Waals surface area contributed by atoms with E-state index in [1.54, 1.807) is 6.07 Å². The zero-order chi connectivity index (χ0) is 10.6. The summed E-state index contributed by atoms with van der Waals surface area (Å²) in [5.74, 6) is 0.133. The van der Waals surface area contributed by atoms with Crippen molar-refractivity contribution in [3.63, 3.8) is 0 Å². The maximum atomic E-state index is 12.7. The summed E-state index contributed by atoms with van der Waals surface area (Å²) >= 11 is 2.11. The summed E-state index contributed by atoms with van der Waals surface area (Å²) in [7, 11) is 0. The molecule has 0 N–H and O–H groups in total. The predicted octanol–water partition coefficient (Wildman–Crippen LogP) is 3.03. The quantitative estimate of drug-likeness (QED) is 0.687. The van der Waals surface area contributed by atoms with Crippen LogP contribution in [0.25, 0.3) is 0 Å². The Morgan fingerprint density at radius 3 is 2.67 bits per heavy atom. The van der Waals surface area contributed by atoms with Crippen molar-refractivity contribution >= 4 is 32.0 Å². The number of rotatable bonds is 0. The molecule has 2 aliphatic rings. The molecule has 3 nitrogen and oxygen atoms in total.